The summed E-state index contributed by atoms with van der Waals surface area (Å²) in [5.41, 5.74) is -1.06. The minimum atomic E-state index is -4.55. The lowest BCUT2D eigenvalue weighted by Crippen LogP contribution is -2.44. The van der Waals surface area contributed by atoms with Crippen molar-refractivity contribution in [2.75, 3.05) is 51.8 Å². The Hall–Kier alpha value is -3.61. The van der Waals surface area contributed by atoms with Crippen molar-refractivity contribution in [3.05, 3.63) is 41.5 Å². The summed E-state index contributed by atoms with van der Waals surface area (Å²) in [5, 5.41) is 5.34. The lowest BCUT2D eigenvalue weighted by Gasteiger charge is -2.27. The predicted molar refractivity (Wildman–Crippen MR) is 137 cm³/mol. The number of nitrogens with zero attached hydrogens (tertiary/aromatic N) is 4. The average molecular weight is 551 g/mol. The van der Waals surface area contributed by atoms with Gasteiger partial charge in [0, 0.05) is 49.9 Å². The van der Waals surface area contributed by atoms with E-state index in [4.69, 9.17) is 9.47 Å². The van der Waals surface area contributed by atoms with Gasteiger partial charge >= 0.3 is 12.2 Å². The second-order valence-electron chi connectivity index (χ2n) is 9.64. The normalized spacial score (nSPS) is 20.3. The van der Waals surface area contributed by atoms with Crippen LogP contribution < -0.4 is 25.0 Å². The Morgan fingerprint density at radius 3 is 2.62 bits per heavy atom. The van der Waals surface area contributed by atoms with Crippen molar-refractivity contribution in [3.8, 4) is 11.9 Å². The number of carbonyl (C=O) groups excluding carboxylic acids is 2. The summed E-state index contributed by atoms with van der Waals surface area (Å²) in [7, 11) is 3.07. The number of nitrogens with one attached hydrogen (secondary N) is 2. The highest BCUT2D eigenvalue weighted by Gasteiger charge is 2.32. The van der Waals surface area contributed by atoms with Crippen LogP contribution in [-0.4, -0.2) is 85.7 Å². The number of ether oxygens (including phenoxy) is 2. The zero-order valence-corrected chi connectivity index (χ0v) is 22.0. The molecule has 10 nitrogen and oxygen atoms in total. The molecule has 2 fully saturated rings. The molecule has 0 radical (unpaired) electrons. The number of rotatable bonds is 8. The van der Waals surface area contributed by atoms with E-state index in [0.717, 1.165) is 63.3 Å². The number of aromatic nitrogens is 2. The van der Waals surface area contributed by atoms with Gasteiger partial charge in [-0.05, 0) is 43.9 Å². The molecule has 2 aliphatic rings. The number of benzene rings is 1. The average Bonchev–Trinajstić information content (AvgIpc) is 3.25. The molecule has 2 amide bonds. The highest BCUT2D eigenvalue weighted by Crippen LogP contribution is 2.30. The molecule has 13 heteroatoms. The van der Waals surface area contributed by atoms with Crippen LogP contribution in [0.25, 0.3) is 0 Å². The molecule has 0 unspecified atom stereocenters. The lowest BCUT2D eigenvalue weighted by molar-refractivity contribution is -0.137. The van der Waals surface area contributed by atoms with Gasteiger partial charge in [-0.1, -0.05) is 6.07 Å². The van der Waals surface area contributed by atoms with Crippen LogP contribution in [0, 0.1) is 0 Å². The van der Waals surface area contributed by atoms with Crippen molar-refractivity contribution in [2.24, 2.45) is 0 Å². The topological polar surface area (TPSA) is 109 Å². The molecule has 0 aliphatic carbocycles. The van der Waals surface area contributed by atoms with Gasteiger partial charge in [0.15, 0.2) is 0 Å². The highest BCUT2D eigenvalue weighted by atomic mass is 19.4. The number of anilines is 1. The Morgan fingerprint density at radius 1 is 1.05 bits per heavy atom. The summed E-state index contributed by atoms with van der Waals surface area (Å²) in [5.74, 6) is 0.104. The van der Waals surface area contributed by atoms with Crippen LogP contribution in [0.1, 0.15) is 41.6 Å². The molecular formula is C26H33F3N6O4. The van der Waals surface area contributed by atoms with E-state index in [1.165, 1.54) is 19.2 Å². The summed E-state index contributed by atoms with van der Waals surface area (Å²) < 4.78 is 49.2. The first-order chi connectivity index (χ1) is 18.7. The molecule has 3 heterocycles. The fourth-order valence-electron chi connectivity index (χ4n) is 5.04. The highest BCUT2D eigenvalue weighted by molar-refractivity contribution is 5.96. The first kappa shape index (κ1) is 28.4. The minimum absolute atomic E-state index is 0.0577. The predicted octanol–water partition coefficient (Wildman–Crippen LogP) is 2.49. The molecule has 0 saturated carbocycles. The number of likely N-dealkylation sites (tertiary alicyclic amines) is 1. The van der Waals surface area contributed by atoms with Crippen molar-refractivity contribution in [1.82, 2.24) is 25.5 Å². The number of amides is 2. The number of alkyl halides is 3. The van der Waals surface area contributed by atoms with Crippen LogP contribution in [0.2, 0.25) is 0 Å². The molecular weight excluding hydrogens is 517 g/mol. The third-order valence-electron chi connectivity index (χ3n) is 7.04. The van der Waals surface area contributed by atoms with Crippen LogP contribution in [0.15, 0.2) is 30.3 Å². The minimum Gasteiger partial charge on any atom is -0.481 e. The molecule has 39 heavy (non-hydrogen) atoms. The third kappa shape index (κ3) is 7.49. The first-order valence-corrected chi connectivity index (χ1v) is 12.9. The van der Waals surface area contributed by atoms with E-state index in [2.05, 4.69) is 30.4 Å². The van der Waals surface area contributed by atoms with Gasteiger partial charge in [0.1, 0.15) is 5.82 Å². The number of methoxy groups -OCH3 is 2. The van der Waals surface area contributed by atoms with Crippen molar-refractivity contribution < 1.29 is 32.2 Å². The van der Waals surface area contributed by atoms with E-state index >= 15 is 0 Å². The summed E-state index contributed by atoms with van der Waals surface area (Å²) in [6.45, 7) is 2.90. The van der Waals surface area contributed by atoms with Crippen molar-refractivity contribution in [2.45, 2.75) is 43.9 Å². The molecule has 2 saturated heterocycles. The molecule has 4 rings (SSSR count). The van der Waals surface area contributed by atoms with E-state index < -0.39 is 17.6 Å². The number of hydrogen-bond acceptors (Lipinski definition) is 8. The van der Waals surface area contributed by atoms with E-state index in [1.54, 1.807) is 13.2 Å². The van der Waals surface area contributed by atoms with E-state index in [-0.39, 0.29) is 30.1 Å². The fraction of sp³-hybridized carbons (Fsp3) is 0.538. The molecule has 0 spiro atoms. The molecule has 1 aromatic heterocycles. The van der Waals surface area contributed by atoms with Gasteiger partial charge in [-0.15, -0.1) is 0 Å². The first-order valence-electron chi connectivity index (χ1n) is 12.9. The van der Waals surface area contributed by atoms with Crippen LogP contribution in [0.4, 0.5) is 19.0 Å². The van der Waals surface area contributed by atoms with Crippen LogP contribution in [-0.2, 0) is 11.0 Å². The van der Waals surface area contributed by atoms with Crippen LogP contribution in [0.3, 0.4) is 0 Å². The number of hydrogen-bond donors (Lipinski definition) is 2. The SMILES string of the molecule is COc1cc(N2CCC[C@@H](N3CC[C@@H](NC(=O)CNC(=O)c4cccc(C(F)(F)F)c4)C3)CC2)nc(OC)n1. The Labute approximate surface area is 224 Å². The second-order valence-corrected chi connectivity index (χ2v) is 9.64. The molecule has 2 atom stereocenters. The second kappa shape index (κ2) is 12.5. The quantitative estimate of drug-likeness (QED) is 0.516. The van der Waals surface area contributed by atoms with Crippen molar-refractivity contribution >= 4 is 17.6 Å². The van der Waals surface area contributed by atoms with Crippen LogP contribution >= 0.6 is 0 Å². The van der Waals surface area contributed by atoms with Gasteiger partial charge in [0.25, 0.3) is 5.91 Å². The van der Waals surface area contributed by atoms with Gasteiger partial charge in [0.05, 0.1) is 26.3 Å². The molecule has 2 aromatic rings. The van der Waals surface area contributed by atoms with Gasteiger partial charge in [-0.25, -0.2) is 0 Å². The Morgan fingerprint density at radius 2 is 1.87 bits per heavy atom. The van der Waals surface area contributed by atoms with E-state index in [0.29, 0.717) is 18.5 Å². The van der Waals surface area contributed by atoms with Gasteiger partial charge < -0.3 is 25.0 Å². The lowest BCUT2D eigenvalue weighted by atomic mass is 10.1. The Kier molecular flexibility index (Phi) is 9.10. The zero-order valence-electron chi connectivity index (χ0n) is 22.0. The van der Waals surface area contributed by atoms with Crippen molar-refractivity contribution in [3.63, 3.8) is 0 Å². The summed E-state index contributed by atoms with van der Waals surface area (Å²) in [4.78, 5) is 37.9. The maximum Gasteiger partial charge on any atom is 0.416 e. The summed E-state index contributed by atoms with van der Waals surface area (Å²) in [6.07, 6.45) is -0.831. The van der Waals surface area contributed by atoms with Crippen molar-refractivity contribution in [1.29, 1.82) is 0 Å². The smallest absolute Gasteiger partial charge is 0.416 e. The molecule has 0 bridgehead atoms. The van der Waals surface area contributed by atoms with E-state index in [1.807, 2.05) is 0 Å². The van der Waals surface area contributed by atoms with Gasteiger partial charge in [-0.3, -0.25) is 14.5 Å². The molecule has 212 valence electrons. The molecule has 2 aliphatic heterocycles. The largest absolute Gasteiger partial charge is 0.481 e. The van der Waals surface area contributed by atoms with Crippen LogP contribution in [0.5, 0.6) is 11.9 Å². The number of halogens is 3. The number of carbonyl (C=O) groups is 2. The standard InChI is InChI=1S/C26H33F3N6O4/c1-38-23-14-21(32-25(33-23)39-2)34-10-4-7-20(9-12-34)35-11-8-19(16-35)31-22(36)15-30-24(37)17-5-3-6-18(13-17)26(27,28)29/h3,5-6,13-14,19-20H,4,7-12,15-16H2,1-2H3,(H,30,37)(H,31,36)/t19-,20-/m1/s1. The molecule has 1 aromatic carbocycles. The Balaban J connectivity index is 1.24. The maximum absolute atomic E-state index is 12.9. The van der Waals surface area contributed by atoms with E-state index in [9.17, 15) is 22.8 Å². The van der Waals surface area contributed by atoms with Gasteiger partial charge in [0.2, 0.25) is 11.8 Å². The monoisotopic (exact) mass is 550 g/mol. The van der Waals surface area contributed by atoms with Gasteiger partial charge in [-0.2, -0.15) is 23.1 Å². The summed E-state index contributed by atoms with van der Waals surface area (Å²) >= 11 is 0. The Bertz CT molecular complexity index is 1140. The third-order valence-corrected chi connectivity index (χ3v) is 7.04. The summed E-state index contributed by atoms with van der Waals surface area (Å²) in [6, 6.07) is 6.48. The maximum atomic E-state index is 12.9. The fourth-order valence-corrected chi connectivity index (χ4v) is 5.04. The zero-order chi connectivity index (χ0) is 28.0. The molecule has 2 N–H and O–H groups in total.